The van der Waals surface area contributed by atoms with E-state index in [0.717, 1.165) is 30.1 Å². The van der Waals surface area contributed by atoms with Crippen molar-refractivity contribution in [3.63, 3.8) is 0 Å². The van der Waals surface area contributed by atoms with E-state index in [1.165, 1.54) is 25.7 Å². The monoisotopic (exact) mass is 192 g/mol. The average Bonchev–Trinajstić information content (AvgIpc) is 3.09. The Morgan fingerprint density at radius 2 is 2.07 bits per heavy atom. The van der Waals surface area contributed by atoms with Crippen LogP contribution in [-0.4, -0.2) is 11.2 Å². The van der Waals surface area contributed by atoms with Gasteiger partial charge >= 0.3 is 0 Å². The Balaban J connectivity index is 1.54. The summed E-state index contributed by atoms with van der Waals surface area (Å²) < 4.78 is 4.81. The second-order valence-electron chi connectivity index (χ2n) is 4.57. The molecule has 1 heterocycles. The van der Waals surface area contributed by atoms with Crippen molar-refractivity contribution in [3.05, 3.63) is 18.0 Å². The van der Waals surface area contributed by atoms with Crippen molar-refractivity contribution < 1.29 is 4.52 Å². The Bertz CT molecular complexity index is 276. The first-order chi connectivity index (χ1) is 6.93. The van der Waals surface area contributed by atoms with Gasteiger partial charge in [-0.05, 0) is 37.5 Å². The van der Waals surface area contributed by atoms with E-state index in [-0.39, 0.29) is 0 Å². The lowest BCUT2D eigenvalue weighted by Crippen LogP contribution is -2.32. The molecule has 3 rings (SSSR count). The standard InChI is InChI=1S/C11H16N2O/c1-2-8(1)11(9-3-4-9)12-7-10-5-6-14-13-10/h5-6,8-9,11-12H,1-4,7H2. The molecule has 1 aromatic rings. The number of aromatic nitrogens is 1. The van der Waals surface area contributed by atoms with Gasteiger partial charge in [-0.25, -0.2) is 0 Å². The third-order valence-electron chi connectivity index (χ3n) is 3.27. The van der Waals surface area contributed by atoms with Crippen molar-refractivity contribution in [2.75, 3.05) is 0 Å². The third-order valence-corrected chi connectivity index (χ3v) is 3.27. The molecule has 0 unspecified atom stereocenters. The Hall–Kier alpha value is -0.830. The van der Waals surface area contributed by atoms with Crippen molar-refractivity contribution in [1.82, 2.24) is 10.5 Å². The highest BCUT2D eigenvalue weighted by Crippen LogP contribution is 2.44. The third kappa shape index (κ3) is 1.82. The van der Waals surface area contributed by atoms with Gasteiger partial charge in [-0.3, -0.25) is 0 Å². The van der Waals surface area contributed by atoms with E-state index in [1.54, 1.807) is 6.26 Å². The van der Waals surface area contributed by atoms with Crippen molar-refractivity contribution in [2.24, 2.45) is 11.8 Å². The first-order valence-corrected chi connectivity index (χ1v) is 5.56. The highest BCUT2D eigenvalue weighted by Gasteiger charge is 2.40. The maximum Gasteiger partial charge on any atom is 0.124 e. The smallest absolute Gasteiger partial charge is 0.124 e. The van der Waals surface area contributed by atoms with Crippen LogP contribution in [0.4, 0.5) is 0 Å². The molecule has 0 aromatic carbocycles. The fourth-order valence-corrected chi connectivity index (χ4v) is 2.18. The minimum Gasteiger partial charge on any atom is -0.364 e. The lowest BCUT2D eigenvalue weighted by molar-refractivity contribution is 0.386. The zero-order valence-electron chi connectivity index (χ0n) is 8.28. The molecule has 0 amide bonds. The number of nitrogens with one attached hydrogen (secondary N) is 1. The molecule has 2 aliphatic carbocycles. The van der Waals surface area contributed by atoms with Crippen LogP contribution in [0.1, 0.15) is 31.4 Å². The molecular weight excluding hydrogens is 176 g/mol. The minimum atomic E-state index is 0.756. The van der Waals surface area contributed by atoms with E-state index in [9.17, 15) is 0 Å². The summed E-state index contributed by atoms with van der Waals surface area (Å²) in [7, 11) is 0. The van der Waals surface area contributed by atoms with E-state index in [1.807, 2.05) is 6.07 Å². The molecular formula is C11H16N2O. The number of rotatable bonds is 5. The highest BCUT2D eigenvalue weighted by atomic mass is 16.5. The normalized spacial score (nSPS) is 21.8. The average molecular weight is 192 g/mol. The van der Waals surface area contributed by atoms with Crippen LogP contribution in [0.15, 0.2) is 16.9 Å². The van der Waals surface area contributed by atoms with Crippen molar-refractivity contribution >= 4 is 0 Å². The molecule has 14 heavy (non-hydrogen) atoms. The largest absolute Gasteiger partial charge is 0.364 e. The molecule has 3 nitrogen and oxygen atoms in total. The Labute approximate surface area is 83.9 Å². The molecule has 76 valence electrons. The van der Waals surface area contributed by atoms with Crippen molar-refractivity contribution in [1.29, 1.82) is 0 Å². The van der Waals surface area contributed by atoms with Crippen LogP contribution < -0.4 is 5.32 Å². The molecule has 1 N–H and O–H groups in total. The van der Waals surface area contributed by atoms with E-state index in [0.29, 0.717) is 0 Å². The summed E-state index contributed by atoms with van der Waals surface area (Å²) in [6.07, 6.45) is 7.33. The minimum absolute atomic E-state index is 0.756. The van der Waals surface area contributed by atoms with Crippen LogP contribution in [0.5, 0.6) is 0 Å². The molecule has 0 saturated heterocycles. The van der Waals surface area contributed by atoms with E-state index < -0.39 is 0 Å². The molecule has 0 aliphatic heterocycles. The summed E-state index contributed by atoms with van der Waals surface area (Å²) >= 11 is 0. The fourth-order valence-electron chi connectivity index (χ4n) is 2.18. The van der Waals surface area contributed by atoms with Crippen LogP contribution in [-0.2, 0) is 6.54 Å². The zero-order valence-corrected chi connectivity index (χ0v) is 8.28. The number of hydrogen-bond donors (Lipinski definition) is 1. The van der Waals surface area contributed by atoms with Crippen molar-refractivity contribution in [2.45, 2.75) is 38.3 Å². The maximum atomic E-state index is 4.81. The molecule has 2 aliphatic rings. The van der Waals surface area contributed by atoms with E-state index >= 15 is 0 Å². The van der Waals surface area contributed by atoms with Gasteiger partial charge < -0.3 is 9.84 Å². The summed E-state index contributed by atoms with van der Waals surface area (Å²) in [5.41, 5.74) is 1.02. The number of hydrogen-bond acceptors (Lipinski definition) is 3. The van der Waals surface area contributed by atoms with Crippen molar-refractivity contribution in [3.8, 4) is 0 Å². The fraction of sp³-hybridized carbons (Fsp3) is 0.727. The van der Waals surface area contributed by atoms with Crippen LogP contribution in [0.2, 0.25) is 0 Å². The maximum absolute atomic E-state index is 4.81. The molecule has 0 atom stereocenters. The first-order valence-electron chi connectivity index (χ1n) is 5.56. The Kier molecular flexibility index (Phi) is 2.05. The van der Waals surface area contributed by atoms with Crippen LogP contribution in [0, 0.1) is 11.8 Å². The highest BCUT2D eigenvalue weighted by molar-refractivity contribution is 5.00. The second kappa shape index (κ2) is 3.39. The number of nitrogens with zero attached hydrogens (tertiary/aromatic N) is 1. The topological polar surface area (TPSA) is 38.1 Å². The molecule has 0 bridgehead atoms. The van der Waals surface area contributed by atoms with Gasteiger partial charge in [0.25, 0.3) is 0 Å². The molecule has 2 saturated carbocycles. The summed E-state index contributed by atoms with van der Waals surface area (Å²) in [5.74, 6) is 1.91. The SMILES string of the molecule is c1cc(CNC(C2CC2)C2CC2)no1. The Morgan fingerprint density at radius 1 is 1.36 bits per heavy atom. The van der Waals surface area contributed by atoms with Crippen LogP contribution in [0.25, 0.3) is 0 Å². The lowest BCUT2D eigenvalue weighted by Gasteiger charge is -2.16. The second-order valence-corrected chi connectivity index (χ2v) is 4.57. The summed E-state index contributed by atoms with van der Waals surface area (Å²) in [6.45, 7) is 0.869. The quantitative estimate of drug-likeness (QED) is 0.775. The van der Waals surface area contributed by atoms with Gasteiger partial charge in [0.2, 0.25) is 0 Å². The zero-order chi connectivity index (χ0) is 9.38. The predicted octanol–water partition coefficient (Wildman–Crippen LogP) is 1.95. The van der Waals surface area contributed by atoms with Gasteiger partial charge in [0.05, 0.1) is 5.69 Å². The van der Waals surface area contributed by atoms with Gasteiger partial charge in [-0.2, -0.15) is 0 Å². The molecule has 0 spiro atoms. The van der Waals surface area contributed by atoms with Gasteiger partial charge in [-0.1, -0.05) is 5.16 Å². The van der Waals surface area contributed by atoms with Gasteiger partial charge in [0.1, 0.15) is 6.26 Å². The first kappa shape index (κ1) is 8.48. The van der Waals surface area contributed by atoms with Gasteiger partial charge in [-0.15, -0.1) is 0 Å². The molecule has 1 aromatic heterocycles. The molecule has 2 fully saturated rings. The molecule has 0 radical (unpaired) electrons. The van der Waals surface area contributed by atoms with E-state index in [2.05, 4.69) is 10.5 Å². The predicted molar refractivity (Wildman–Crippen MR) is 52.6 cm³/mol. The summed E-state index contributed by atoms with van der Waals surface area (Å²) in [4.78, 5) is 0. The lowest BCUT2D eigenvalue weighted by atomic mass is 10.1. The Morgan fingerprint density at radius 3 is 2.57 bits per heavy atom. The summed E-state index contributed by atoms with van der Waals surface area (Å²) in [5, 5.41) is 7.53. The summed E-state index contributed by atoms with van der Waals surface area (Å²) in [6, 6.07) is 2.69. The van der Waals surface area contributed by atoms with Gasteiger partial charge in [0.15, 0.2) is 0 Å². The van der Waals surface area contributed by atoms with Gasteiger partial charge in [0, 0.05) is 18.7 Å². The molecule has 3 heteroatoms. The van der Waals surface area contributed by atoms with Crippen LogP contribution >= 0.6 is 0 Å². The van der Waals surface area contributed by atoms with Crippen LogP contribution in [0.3, 0.4) is 0 Å². The van der Waals surface area contributed by atoms with E-state index in [4.69, 9.17) is 4.52 Å².